The predicted octanol–water partition coefficient (Wildman–Crippen LogP) is 2.50. The van der Waals surface area contributed by atoms with Crippen LogP contribution in [-0.2, 0) is 20.6 Å². The van der Waals surface area contributed by atoms with Crippen LogP contribution in [0.3, 0.4) is 0 Å². The van der Waals surface area contributed by atoms with Gasteiger partial charge in [-0.15, -0.1) is 16.9 Å². The molecule has 0 fully saturated rings. The Balaban J connectivity index is 1.92. The molecule has 3 N–H and O–H groups in total. The Labute approximate surface area is 158 Å². The molecule has 3 aromatic rings. The average molecular weight is 404 g/mol. The first-order chi connectivity index (χ1) is 12.9. The summed E-state index contributed by atoms with van der Waals surface area (Å²) in [6.45, 7) is 0. The summed E-state index contributed by atoms with van der Waals surface area (Å²) in [5.74, 6) is 0.604. The quantitative estimate of drug-likeness (QED) is 0.650. The molecular formula is C17H13FN4O3S2. The molecule has 1 aliphatic heterocycles. The number of nitrogens with one attached hydrogen (secondary N) is 1. The number of amides is 1. The van der Waals surface area contributed by atoms with Gasteiger partial charge in [0.1, 0.15) is 5.82 Å². The summed E-state index contributed by atoms with van der Waals surface area (Å²) in [5, 5.41) is 12.2. The number of nitrogens with two attached hydrogens (primary N) is 1. The van der Waals surface area contributed by atoms with Gasteiger partial charge in [0.25, 0.3) is 0 Å². The highest BCUT2D eigenvalue weighted by Crippen LogP contribution is 2.46. The van der Waals surface area contributed by atoms with E-state index < -0.39 is 10.0 Å². The van der Waals surface area contributed by atoms with Crippen LogP contribution in [0.15, 0.2) is 52.3 Å². The molecule has 0 atom stereocenters. The van der Waals surface area contributed by atoms with Crippen molar-refractivity contribution in [3.63, 3.8) is 0 Å². The van der Waals surface area contributed by atoms with E-state index in [2.05, 4.69) is 10.4 Å². The normalized spacial score (nSPS) is 13.0. The zero-order valence-electron chi connectivity index (χ0n) is 13.7. The van der Waals surface area contributed by atoms with Crippen molar-refractivity contribution in [1.29, 1.82) is 0 Å². The summed E-state index contributed by atoms with van der Waals surface area (Å²) in [4.78, 5) is 11.7. The second kappa shape index (κ2) is 6.48. The Morgan fingerprint density at radius 2 is 1.96 bits per heavy atom. The molecule has 0 spiro atoms. The maximum Gasteiger partial charge on any atom is 0.238 e. The van der Waals surface area contributed by atoms with Gasteiger partial charge in [-0.05, 0) is 48.0 Å². The maximum atomic E-state index is 13.6. The van der Waals surface area contributed by atoms with Gasteiger partial charge < -0.3 is 5.32 Å². The summed E-state index contributed by atoms with van der Waals surface area (Å²) in [5.41, 5.74) is 2.89. The summed E-state index contributed by atoms with van der Waals surface area (Å²) in [7, 11) is -3.81. The van der Waals surface area contributed by atoms with E-state index in [0.717, 1.165) is 16.0 Å². The number of aromatic nitrogens is 2. The number of anilines is 1. The Morgan fingerprint density at radius 1 is 1.22 bits per heavy atom. The van der Waals surface area contributed by atoms with Crippen molar-refractivity contribution < 1.29 is 17.6 Å². The third kappa shape index (κ3) is 3.11. The van der Waals surface area contributed by atoms with E-state index in [1.54, 1.807) is 22.9 Å². The van der Waals surface area contributed by atoms with Crippen LogP contribution in [-0.4, -0.2) is 24.6 Å². The van der Waals surface area contributed by atoms with Gasteiger partial charge in [-0.25, -0.2) is 22.6 Å². The highest BCUT2D eigenvalue weighted by molar-refractivity contribution is 7.99. The number of halogens is 1. The molecule has 0 saturated carbocycles. The minimum atomic E-state index is -3.81. The first-order valence-electron chi connectivity index (χ1n) is 7.76. The molecule has 4 rings (SSSR count). The molecule has 1 amide bonds. The molecule has 0 aliphatic carbocycles. The maximum absolute atomic E-state index is 13.6. The molecule has 27 heavy (non-hydrogen) atoms. The van der Waals surface area contributed by atoms with Gasteiger partial charge >= 0.3 is 0 Å². The first kappa shape index (κ1) is 17.7. The van der Waals surface area contributed by atoms with E-state index >= 15 is 0 Å². The summed E-state index contributed by atoms with van der Waals surface area (Å²) in [6, 6.07) is 10.4. The van der Waals surface area contributed by atoms with Crippen LogP contribution in [0.1, 0.15) is 5.56 Å². The molecule has 0 bridgehead atoms. The summed E-state index contributed by atoms with van der Waals surface area (Å²) < 4.78 is 38.1. The molecule has 0 radical (unpaired) electrons. The number of hydrogen-bond donors (Lipinski definition) is 2. The predicted molar refractivity (Wildman–Crippen MR) is 99.6 cm³/mol. The average Bonchev–Trinajstić information content (AvgIpc) is 3.00. The Hall–Kier alpha value is -2.69. The van der Waals surface area contributed by atoms with E-state index in [0.29, 0.717) is 29.4 Å². The van der Waals surface area contributed by atoms with Crippen LogP contribution < -0.4 is 10.5 Å². The van der Waals surface area contributed by atoms with Crippen LogP contribution >= 0.6 is 11.8 Å². The Morgan fingerprint density at radius 3 is 2.63 bits per heavy atom. The van der Waals surface area contributed by atoms with E-state index in [4.69, 9.17) is 5.14 Å². The van der Waals surface area contributed by atoms with E-state index in [1.165, 1.54) is 36.0 Å². The molecule has 1 aromatic heterocycles. The number of benzene rings is 2. The smallest absolute Gasteiger partial charge is 0.238 e. The number of hydrogen-bond acceptors (Lipinski definition) is 5. The highest BCUT2D eigenvalue weighted by Gasteiger charge is 2.27. The number of thioether (sulfide) groups is 1. The lowest BCUT2D eigenvalue weighted by atomic mass is 10.0. The van der Waals surface area contributed by atoms with Crippen molar-refractivity contribution in [3.8, 4) is 16.9 Å². The van der Waals surface area contributed by atoms with Crippen LogP contribution in [0, 0.1) is 5.82 Å². The standard InChI is InChI=1S/C17H13FN4O3S2/c18-11-1-6-14-10(7-11)8-26-16-15(14)22(21-17(16)20-9-23)12-2-4-13(5-3-12)27(19,24)25/h1-7,9H,8H2,(H2,19,24,25)(H,20,21,23). The third-order valence-electron chi connectivity index (χ3n) is 4.14. The molecule has 0 saturated heterocycles. The minimum absolute atomic E-state index is 0.0182. The fourth-order valence-electron chi connectivity index (χ4n) is 2.95. The number of sulfonamides is 1. The lowest BCUT2D eigenvalue weighted by molar-refractivity contribution is -0.105. The number of carbonyl (C=O) groups is 1. The fourth-order valence-corrected chi connectivity index (χ4v) is 4.58. The van der Waals surface area contributed by atoms with Crippen LogP contribution in [0.25, 0.3) is 16.9 Å². The van der Waals surface area contributed by atoms with Crippen LogP contribution in [0.4, 0.5) is 10.2 Å². The van der Waals surface area contributed by atoms with Gasteiger partial charge in [0.15, 0.2) is 5.82 Å². The van der Waals surface area contributed by atoms with Crippen molar-refractivity contribution in [2.24, 2.45) is 5.14 Å². The summed E-state index contributed by atoms with van der Waals surface area (Å²) in [6.07, 6.45) is 0.539. The zero-order valence-corrected chi connectivity index (χ0v) is 15.3. The van der Waals surface area contributed by atoms with Crippen molar-refractivity contribution >= 4 is 34.0 Å². The van der Waals surface area contributed by atoms with Gasteiger partial charge in [0, 0.05) is 11.3 Å². The number of nitrogens with zero attached hydrogens (tertiary/aromatic N) is 2. The van der Waals surface area contributed by atoms with Gasteiger partial charge in [-0.2, -0.15) is 0 Å². The van der Waals surface area contributed by atoms with Crippen molar-refractivity contribution in [2.75, 3.05) is 5.32 Å². The molecule has 2 heterocycles. The molecule has 138 valence electrons. The monoisotopic (exact) mass is 404 g/mol. The lowest BCUT2D eigenvalue weighted by Gasteiger charge is -2.18. The van der Waals surface area contributed by atoms with Crippen LogP contribution in [0.2, 0.25) is 0 Å². The van der Waals surface area contributed by atoms with E-state index in [-0.39, 0.29) is 10.7 Å². The van der Waals surface area contributed by atoms with Gasteiger partial charge in [-0.3, -0.25) is 4.79 Å². The number of primary sulfonamides is 1. The first-order valence-corrected chi connectivity index (χ1v) is 10.3. The number of carbonyl (C=O) groups excluding carboxylic acids is 1. The highest BCUT2D eigenvalue weighted by atomic mass is 32.2. The topological polar surface area (TPSA) is 107 Å². The molecule has 1 aliphatic rings. The molecule has 0 unspecified atom stereocenters. The van der Waals surface area contributed by atoms with Crippen LogP contribution in [0.5, 0.6) is 0 Å². The molecule has 2 aromatic carbocycles. The van der Waals surface area contributed by atoms with Gasteiger partial charge in [0.2, 0.25) is 16.4 Å². The number of fused-ring (bicyclic) bond motifs is 3. The minimum Gasteiger partial charge on any atom is -0.311 e. The van der Waals surface area contributed by atoms with E-state index in [1.807, 2.05) is 0 Å². The van der Waals surface area contributed by atoms with Gasteiger partial charge in [0.05, 0.1) is 21.2 Å². The van der Waals surface area contributed by atoms with Crippen molar-refractivity contribution in [3.05, 3.63) is 53.8 Å². The molecule has 10 heteroatoms. The molecule has 7 nitrogen and oxygen atoms in total. The summed E-state index contributed by atoms with van der Waals surface area (Å²) >= 11 is 1.44. The zero-order chi connectivity index (χ0) is 19.2. The largest absolute Gasteiger partial charge is 0.311 e. The second-order valence-electron chi connectivity index (χ2n) is 5.83. The molecular weight excluding hydrogens is 391 g/mol. The van der Waals surface area contributed by atoms with Crippen molar-refractivity contribution in [1.82, 2.24) is 9.78 Å². The number of rotatable bonds is 4. The second-order valence-corrected chi connectivity index (χ2v) is 8.38. The van der Waals surface area contributed by atoms with Gasteiger partial charge in [-0.1, -0.05) is 0 Å². The van der Waals surface area contributed by atoms with E-state index in [9.17, 15) is 17.6 Å². The Bertz CT molecular complexity index is 1160. The SMILES string of the molecule is NS(=O)(=O)c1ccc(-n2nc(NC=O)c3c2-c2ccc(F)cc2CS3)cc1. The third-order valence-corrected chi connectivity index (χ3v) is 6.20. The Kier molecular flexibility index (Phi) is 4.25. The fraction of sp³-hybridized carbons (Fsp3) is 0.0588. The van der Waals surface area contributed by atoms with Crippen molar-refractivity contribution in [2.45, 2.75) is 15.5 Å². The lowest BCUT2D eigenvalue weighted by Crippen LogP contribution is -2.12.